The van der Waals surface area contributed by atoms with E-state index in [0.29, 0.717) is 13.0 Å². The van der Waals surface area contributed by atoms with Gasteiger partial charge in [-0.3, -0.25) is 4.79 Å². The van der Waals surface area contributed by atoms with Crippen LogP contribution in [0.4, 0.5) is 0 Å². The number of esters is 1. The molecule has 15 heavy (non-hydrogen) atoms. The van der Waals surface area contributed by atoms with Gasteiger partial charge in [0.05, 0.1) is 12.7 Å². The summed E-state index contributed by atoms with van der Waals surface area (Å²) in [6, 6.07) is 7.62. The lowest BCUT2D eigenvalue weighted by atomic mass is 10.0. The van der Waals surface area contributed by atoms with Crippen LogP contribution in [-0.4, -0.2) is 23.8 Å². The number of fused-ring (bicyclic) bond motifs is 1. The highest BCUT2D eigenvalue weighted by Gasteiger charge is 2.37. The summed E-state index contributed by atoms with van der Waals surface area (Å²) >= 11 is 0. The average molecular weight is 206 g/mol. The SMILES string of the molecule is CCOC(=O)[C@@H]1c2ccccc2C[C@@H]1O. The molecule has 1 N–H and O–H groups in total. The molecular weight excluding hydrogens is 192 g/mol. The molecule has 0 fully saturated rings. The second kappa shape index (κ2) is 4.03. The Morgan fingerprint density at radius 1 is 1.53 bits per heavy atom. The predicted octanol–water partition coefficient (Wildman–Crippen LogP) is 1.25. The van der Waals surface area contributed by atoms with Crippen molar-refractivity contribution in [1.82, 2.24) is 0 Å². The molecule has 80 valence electrons. The summed E-state index contributed by atoms with van der Waals surface area (Å²) in [5, 5.41) is 9.81. The van der Waals surface area contributed by atoms with E-state index in [-0.39, 0.29) is 5.97 Å². The zero-order valence-corrected chi connectivity index (χ0v) is 8.64. The van der Waals surface area contributed by atoms with Crippen molar-refractivity contribution in [3.05, 3.63) is 35.4 Å². The maximum Gasteiger partial charge on any atom is 0.316 e. The topological polar surface area (TPSA) is 46.5 Å². The van der Waals surface area contributed by atoms with Gasteiger partial charge in [-0.05, 0) is 24.5 Å². The van der Waals surface area contributed by atoms with Gasteiger partial charge in [0.1, 0.15) is 5.92 Å². The van der Waals surface area contributed by atoms with Gasteiger partial charge in [-0.15, -0.1) is 0 Å². The first-order chi connectivity index (χ1) is 7.24. The van der Waals surface area contributed by atoms with Crippen molar-refractivity contribution in [2.24, 2.45) is 0 Å². The Morgan fingerprint density at radius 3 is 3.00 bits per heavy atom. The van der Waals surface area contributed by atoms with Crippen LogP contribution in [0.2, 0.25) is 0 Å². The third kappa shape index (κ3) is 1.75. The molecular formula is C12H14O3. The normalized spacial score (nSPS) is 23.6. The van der Waals surface area contributed by atoms with Crippen LogP contribution in [0.15, 0.2) is 24.3 Å². The van der Waals surface area contributed by atoms with Gasteiger partial charge in [0.25, 0.3) is 0 Å². The monoisotopic (exact) mass is 206 g/mol. The highest BCUT2D eigenvalue weighted by molar-refractivity contribution is 5.80. The minimum absolute atomic E-state index is 0.324. The first-order valence-electron chi connectivity index (χ1n) is 5.16. The minimum Gasteiger partial charge on any atom is -0.465 e. The molecule has 2 rings (SSSR count). The molecule has 0 saturated carbocycles. The van der Waals surface area contributed by atoms with Gasteiger partial charge in [0.2, 0.25) is 0 Å². The van der Waals surface area contributed by atoms with E-state index in [9.17, 15) is 9.90 Å². The number of ether oxygens (including phenoxy) is 1. The van der Waals surface area contributed by atoms with E-state index < -0.39 is 12.0 Å². The molecule has 0 spiro atoms. The average Bonchev–Trinajstić information content (AvgIpc) is 2.54. The fraction of sp³-hybridized carbons (Fsp3) is 0.417. The predicted molar refractivity (Wildman–Crippen MR) is 55.5 cm³/mol. The Hall–Kier alpha value is -1.35. The quantitative estimate of drug-likeness (QED) is 0.741. The Kier molecular flexibility index (Phi) is 2.73. The maximum absolute atomic E-state index is 11.6. The minimum atomic E-state index is -0.638. The van der Waals surface area contributed by atoms with E-state index in [1.54, 1.807) is 6.92 Å². The summed E-state index contributed by atoms with van der Waals surface area (Å²) in [6.07, 6.45) is -0.0962. The first-order valence-corrected chi connectivity index (χ1v) is 5.16. The lowest BCUT2D eigenvalue weighted by Crippen LogP contribution is -2.24. The van der Waals surface area contributed by atoms with Crippen molar-refractivity contribution < 1.29 is 14.6 Å². The van der Waals surface area contributed by atoms with Crippen LogP contribution in [0.1, 0.15) is 24.0 Å². The second-order valence-corrected chi connectivity index (χ2v) is 3.70. The van der Waals surface area contributed by atoms with Crippen LogP contribution < -0.4 is 0 Å². The molecule has 2 atom stereocenters. The first kappa shape index (κ1) is 10.2. The highest BCUT2D eigenvalue weighted by atomic mass is 16.5. The zero-order valence-electron chi connectivity index (χ0n) is 8.64. The van der Waals surface area contributed by atoms with Gasteiger partial charge in [-0.2, -0.15) is 0 Å². The molecule has 1 aliphatic carbocycles. The summed E-state index contributed by atoms with van der Waals surface area (Å²) in [5.41, 5.74) is 1.95. The number of hydrogen-bond donors (Lipinski definition) is 1. The lowest BCUT2D eigenvalue weighted by Gasteiger charge is -2.13. The van der Waals surface area contributed by atoms with Crippen LogP contribution in [0.25, 0.3) is 0 Å². The van der Waals surface area contributed by atoms with E-state index in [0.717, 1.165) is 11.1 Å². The molecule has 0 aromatic heterocycles. The van der Waals surface area contributed by atoms with Crippen LogP contribution >= 0.6 is 0 Å². The molecule has 0 amide bonds. The third-order valence-corrected chi connectivity index (χ3v) is 2.74. The third-order valence-electron chi connectivity index (χ3n) is 2.74. The van der Waals surface area contributed by atoms with Gasteiger partial charge < -0.3 is 9.84 Å². The molecule has 3 nitrogen and oxygen atoms in total. The van der Waals surface area contributed by atoms with Gasteiger partial charge in [0.15, 0.2) is 0 Å². The van der Waals surface area contributed by atoms with Crippen LogP contribution in [0.3, 0.4) is 0 Å². The summed E-state index contributed by atoms with van der Waals surface area (Å²) in [5.74, 6) is -0.823. The number of aliphatic hydroxyl groups excluding tert-OH is 1. The van der Waals surface area contributed by atoms with Gasteiger partial charge >= 0.3 is 5.97 Å². The number of rotatable bonds is 2. The number of carbonyl (C=O) groups is 1. The Labute approximate surface area is 88.7 Å². The fourth-order valence-electron chi connectivity index (χ4n) is 2.09. The lowest BCUT2D eigenvalue weighted by molar-refractivity contribution is -0.147. The van der Waals surface area contributed by atoms with E-state index >= 15 is 0 Å². The molecule has 1 aromatic carbocycles. The van der Waals surface area contributed by atoms with Crippen LogP contribution in [-0.2, 0) is 16.0 Å². The number of aliphatic hydroxyl groups is 1. The Morgan fingerprint density at radius 2 is 2.27 bits per heavy atom. The highest BCUT2D eigenvalue weighted by Crippen LogP contribution is 2.33. The van der Waals surface area contributed by atoms with Gasteiger partial charge in [-0.25, -0.2) is 0 Å². The van der Waals surface area contributed by atoms with Crippen molar-refractivity contribution in [3.63, 3.8) is 0 Å². The zero-order chi connectivity index (χ0) is 10.8. The fourth-order valence-corrected chi connectivity index (χ4v) is 2.09. The summed E-state index contributed by atoms with van der Waals surface area (Å²) in [4.78, 5) is 11.6. The molecule has 0 radical (unpaired) electrons. The molecule has 3 heteroatoms. The molecule has 1 aromatic rings. The number of benzene rings is 1. The van der Waals surface area contributed by atoms with Crippen molar-refractivity contribution in [1.29, 1.82) is 0 Å². The second-order valence-electron chi connectivity index (χ2n) is 3.70. The van der Waals surface area contributed by atoms with E-state index in [1.165, 1.54) is 0 Å². The van der Waals surface area contributed by atoms with E-state index in [2.05, 4.69) is 0 Å². The Bertz CT molecular complexity index is 373. The van der Waals surface area contributed by atoms with Gasteiger partial charge in [0, 0.05) is 0 Å². The molecule has 0 saturated heterocycles. The van der Waals surface area contributed by atoms with E-state index in [1.807, 2.05) is 24.3 Å². The maximum atomic E-state index is 11.6. The van der Waals surface area contributed by atoms with E-state index in [4.69, 9.17) is 4.74 Å². The molecule has 1 aliphatic rings. The largest absolute Gasteiger partial charge is 0.465 e. The smallest absolute Gasteiger partial charge is 0.316 e. The van der Waals surface area contributed by atoms with Crippen molar-refractivity contribution >= 4 is 5.97 Å². The standard InChI is InChI=1S/C12H14O3/c1-2-15-12(14)11-9-6-4-3-5-8(9)7-10(11)13/h3-6,10-11,13H,2,7H2,1H3/t10-,11+/m0/s1. The Balaban J connectivity index is 2.29. The molecule has 0 bridgehead atoms. The molecule has 0 heterocycles. The summed E-state index contributed by atoms with van der Waals surface area (Å²) in [6.45, 7) is 2.12. The summed E-state index contributed by atoms with van der Waals surface area (Å²) < 4.78 is 4.95. The van der Waals surface area contributed by atoms with Crippen LogP contribution in [0, 0.1) is 0 Å². The van der Waals surface area contributed by atoms with Crippen molar-refractivity contribution in [2.45, 2.75) is 25.4 Å². The van der Waals surface area contributed by atoms with Crippen LogP contribution in [0.5, 0.6) is 0 Å². The summed E-state index contributed by atoms with van der Waals surface area (Å²) in [7, 11) is 0. The number of hydrogen-bond acceptors (Lipinski definition) is 3. The molecule has 0 unspecified atom stereocenters. The van der Waals surface area contributed by atoms with Crippen molar-refractivity contribution in [2.75, 3.05) is 6.61 Å². The molecule has 0 aliphatic heterocycles. The van der Waals surface area contributed by atoms with Gasteiger partial charge in [-0.1, -0.05) is 24.3 Å². The number of carbonyl (C=O) groups excluding carboxylic acids is 1. The van der Waals surface area contributed by atoms with Crippen molar-refractivity contribution in [3.8, 4) is 0 Å².